The van der Waals surface area contributed by atoms with Gasteiger partial charge in [-0.15, -0.1) is 0 Å². The zero-order valence-electron chi connectivity index (χ0n) is 3.22. The van der Waals surface area contributed by atoms with Crippen molar-refractivity contribution in [2.24, 2.45) is 0 Å². The summed E-state index contributed by atoms with van der Waals surface area (Å²) in [6.07, 6.45) is 0. The molecule has 1 radical (unpaired) electrons. The number of rotatable bonds is 0. The summed E-state index contributed by atoms with van der Waals surface area (Å²) in [6.45, 7) is 0.774. The molecule has 0 aromatic heterocycles. The fraction of sp³-hybridized carbons (Fsp3) is 1.00. The lowest BCUT2D eigenvalue weighted by Gasteiger charge is -2.07. The van der Waals surface area contributed by atoms with Gasteiger partial charge in [-0.1, -0.05) is 0 Å². The molecule has 1 fully saturated rings. The normalized spacial score (nSPS) is 22.7. The molecule has 0 aromatic carbocycles. The molecule has 4 heteroatoms. The number of hydrogen-bond donors (Lipinski definition) is 0. The summed E-state index contributed by atoms with van der Waals surface area (Å²) < 4.78 is 4.67. The predicted molar refractivity (Wildman–Crippen MR) is 18.7 cm³/mol. The average Bonchev–Trinajstić information content (AvgIpc) is 1.72. The minimum absolute atomic E-state index is 0.247. The Morgan fingerprint density at radius 1 is 1.50 bits per heavy atom. The second-order valence-electron chi connectivity index (χ2n) is 0.869. The van der Waals surface area contributed by atoms with Crippen LogP contribution >= 0.6 is 0 Å². The van der Waals surface area contributed by atoms with E-state index in [1.54, 1.807) is 0 Å². The van der Waals surface area contributed by atoms with E-state index in [1.165, 1.54) is 7.48 Å². The largest absolute Gasteiger partial charge is 0.372 e. The molecule has 0 atom stereocenters. The lowest BCUT2D eigenvalue weighted by atomic mass is 10.1. The summed E-state index contributed by atoms with van der Waals surface area (Å²) in [4.78, 5) is 8.61. The Balaban J connectivity index is 2.00. The third-order valence-electron chi connectivity index (χ3n) is 0.453. The molecule has 0 spiro atoms. The predicted octanol–water partition coefficient (Wildman–Crippen LogP) is -0.501. The Hall–Kier alpha value is -0.0551. The van der Waals surface area contributed by atoms with Gasteiger partial charge >= 0.3 is 7.48 Å². The van der Waals surface area contributed by atoms with Crippen LogP contribution in [-0.4, -0.2) is 20.8 Å². The monoisotopic (exact) mass is 87.0 g/mol. The summed E-state index contributed by atoms with van der Waals surface area (Å²) >= 11 is 0. The van der Waals surface area contributed by atoms with Crippen LogP contribution in [0.5, 0.6) is 0 Å². The second kappa shape index (κ2) is 2.18. The first-order valence-electron chi connectivity index (χ1n) is 1.68. The Morgan fingerprint density at radius 3 is 2.67 bits per heavy atom. The maximum Gasteiger partial charge on any atom is 0.372 e. The van der Waals surface area contributed by atoms with E-state index in [4.69, 9.17) is 0 Å². The van der Waals surface area contributed by atoms with Crippen LogP contribution < -0.4 is 0 Å². The Bertz CT molecular complexity index is 24.3. The van der Waals surface area contributed by atoms with Crippen LogP contribution in [0.25, 0.3) is 0 Å². The SMILES string of the molecule is [B]1COCOO1. The first-order valence-corrected chi connectivity index (χ1v) is 1.68. The van der Waals surface area contributed by atoms with Crippen LogP contribution in [0.15, 0.2) is 0 Å². The van der Waals surface area contributed by atoms with Crippen molar-refractivity contribution >= 4 is 7.48 Å². The molecule has 1 rings (SSSR count). The van der Waals surface area contributed by atoms with Crippen LogP contribution in [0.3, 0.4) is 0 Å². The summed E-state index contributed by atoms with van der Waals surface area (Å²) in [6, 6.07) is 0. The zero-order valence-corrected chi connectivity index (χ0v) is 3.22. The highest BCUT2D eigenvalue weighted by atomic mass is 17.2. The van der Waals surface area contributed by atoms with Gasteiger partial charge in [-0.3, -0.25) is 0 Å². The summed E-state index contributed by atoms with van der Waals surface area (Å²) in [5.74, 6) is 0. The first kappa shape index (κ1) is 4.11. The van der Waals surface area contributed by atoms with Crippen molar-refractivity contribution in [2.75, 3.05) is 13.3 Å². The summed E-state index contributed by atoms with van der Waals surface area (Å²) in [7, 11) is 1.45. The third-order valence-corrected chi connectivity index (χ3v) is 0.453. The average molecular weight is 86.9 g/mol. The van der Waals surface area contributed by atoms with E-state index in [2.05, 4.69) is 14.4 Å². The fourth-order valence-electron chi connectivity index (χ4n) is 0.234. The van der Waals surface area contributed by atoms with E-state index in [-0.39, 0.29) is 6.79 Å². The number of hydrogen-bond acceptors (Lipinski definition) is 3. The highest BCUT2D eigenvalue weighted by Crippen LogP contribution is 1.84. The van der Waals surface area contributed by atoms with Crippen molar-refractivity contribution in [1.29, 1.82) is 0 Å². The van der Waals surface area contributed by atoms with Crippen molar-refractivity contribution in [3.8, 4) is 0 Å². The minimum atomic E-state index is 0.247. The van der Waals surface area contributed by atoms with Crippen molar-refractivity contribution in [1.82, 2.24) is 0 Å². The summed E-state index contributed by atoms with van der Waals surface area (Å²) in [5.41, 5.74) is 0. The molecule has 3 nitrogen and oxygen atoms in total. The first-order chi connectivity index (χ1) is 3.00. The van der Waals surface area contributed by atoms with E-state index in [9.17, 15) is 0 Å². The van der Waals surface area contributed by atoms with Crippen LogP contribution in [0.1, 0.15) is 0 Å². The van der Waals surface area contributed by atoms with Crippen LogP contribution in [-0.2, 0) is 14.4 Å². The van der Waals surface area contributed by atoms with E-state index in [1.807, 2.05) is 0 Å². The van der Waals surface area contributed by atoms with Gasteiger partial charge in [0, 0.05) is 0 Å². The summed E-state index contributed by atoms with van der Waals surface area (Å²) in [5, 5.41) is 0. The van der Waals surface area contributed by atoms with Gasteiger partial charge in [-0.25, -0.2) is 4.89 Å². The Morgan fingerprint density at radius 2 is 2.50 bits per heavy atom. The van der Waals surface area contributed by atoms with Gasteiger partial charge in [0.25, 0.3) is 0 Å². The van der Waals surface area contributed by atoms with Gasteiger partial charge in [-0.2, -0.15) is 0 Å². The standard InChI is InChI=1S/C2H4BO3/c1-3-6-5-2-4-1/h1-2H2. The van der Waals surface area contributed by atoms with E-state index in [0.29, 0.717) is 6.51 Å². The van der Waals surface area contributed by atoms with Crippen molar-refractivity contribution < 1.29 is 14.4 Å². The van der Waals surface area contributed by atoms with Gasteiger partial charge in [0.15, 0.2) is 6.79 Å². The fourth-order valence-corrected chi connectivity index (χ4v) is 0.234. The van der Waals surface area contributed by atoms with E-state index < -0.39 is 0 Å². The molecule has 0 bridgehead atoms. The lowest BCUT2D eigenvalue weighted by Crippen LogP contribution is -2.17. The zero-order chi connectivity index (χ0) is 4.24. The molecule has 1 aliphatic rings. The topological polar surface area (TPSA) is 27.7 Å². The molecule has 0 aliphatic carbocycles. The van der Waals surface area contributed by atoms with Gasteiger partial charge in [0.1, 0.15) is 0 Å². The number of ether oxygens (including phenoxy) is 1. The molecule has 6 heavy (non-hydrogen) atoms. The van der Waals surface area contributed by atoms with E-state index in [0.717, 1.165) is 0 Å². The van der Waals surface area contributed by atoms with Gasteiger partial charge < -0.3 is 9.54 Å². The smallest absolute Gasteiger partial charge is 0.358 e. The molecular formula is C2H4BO3. The molecule has 1 heterocycles. The second-order valence-corrected chi connectivity index (χ2v) is 0.869. The molecule has 33 valence electrons. The van der Waals surface area contributed by atoms with Crippen molar-refractivity contribution in [2.45, 2.75) is 0 Å². The maximum absolute atomic E-state index is 4.67. The van der Waals surface area contributed by atoms with Gasteiger partial charge in [0.05, 0.1) is 6.51 Å². The molecule has 0 aromatic rings. The highest BCUT2D eigenvalue weighted by Gasteiger charge is 1.99. The maximum atomic E-state index is 4.67. The molecule has 0 unspecified atom stereocenters. The molecule has 1 saturated heterocycles. The van der Waals surface area contributed by atoms with Crippen LogP contribution in [0.2, 0.25) is 0 Å². The van der Waals surface area contributed by atoms with Crippen LogP contribution in [0.4, 0.5) is 0 Å². The van der Waals surface area contributed by atoms with Crippen molar-refractivity contribution in [3.05, 3.63) is 0 Å². The molecule has 0 N–H and O–H groups in total. The Kier molecular flexibility index (Phi) is 1.49. The molecular weight excluding hydrogens is 82.8 g/mol. The van der Waals surface area contributed by atoms with Crippen LogP contribution in [0, 0.1) is 0 Å². The minimum Gasteiger partial charge on any atom is -0.358 e. The highest BCUT2D eigenvalue weighted by molar-refractivity contribution is 6.26. The quantitative estimate of drug-likeness (QED) is 0.294. The lowest BCUT2D eigenvalue weighted by molar-refractivity contribution is -0.285. The van der Waals surface area contributed by atoms with Gasteiger partial charge in [0.2, 0.25) is 0 Å². The molecule has 0 saturated carbocycles. The van der Waals surface area contributed by atoms with Crippen molar-refractivity contribution in [3.63, 3.8) is 0 Å². The Labute approximate surface area is 36.4 Å². The molecule has 1 aliphatic heterocycles. The molecule has 0 amide bonds. The van der Waals surface area contributed by atoms with E-state index >= 15 is 0 Å². The third kappa shape index (κ3) is 0.968. The van der Waals surface area contributed by atoms with Gasteiger partial charge in [-0.05, 0) is 0 Å².